The third kappa shape index (κ3) is 2.05. The van der Waals surface area contributed by atoms with Gasteiger partial charge in [0.1, 0.15) is 0 Å². The van der Waals surface area contributed by atoms with Crippen LogP contribution in [0.3, 0.4) is 0 Å². The Kier molecular flexibility index (Phi) is 3.23. The molecule has 2 bridgehead atoms. The Hall–Kier alpha value is -0.0400. The number of hydrogen-bond acceptors (Lipinski definition) is 1. The fourth-order valence-electron chi connectivity index (χ4n) is 5.31. The summed E-state index contributed by atoms with van der Waals surface area (Å²) in [5.74, 6) is 3.13. The van der Waals surface area contributed by atoms with Crippen molar-refractivity contribution in [1.82, 2.24) is 0 Å². The molecule has 3 aliphatic rings. The van der Waals surface area contributed by atoms with Crippen molar-refractivity contribution in [3.8, 4) is 0 Å². The van der Waals surface area contributed by atoms with Gasteiger partial charge in [0.2, 0.25) is 0 Å². The van der Waals surface area contributed by atoms with Crippen LogP contribution in [0.25, 0.3) is 0 Å². The average molecular weight is 235 g/mol. The van der Waals surface area contributed by atoms with Gasteiger partial charge in [0.25, 0.3) is 0 Å². The van der Waals surface area contributed by atoms with Crippen LogP contribution in [0.5, 0.6) is 0 Å². The lowest BCUT2D eigenvalue weighted by molar-refractivity contribution is 0.171. The molecule has 4 atom stereocenters. The van der Waals surface area contributed by atoms with Crippen molar-refractivity contribution in [2.45, 2.75) is 77.2 Å². The summed E-state index contributed by atoms with van der Waals surface area (Å²) in [6, 6.07) is 0.499. The smallest absolute Gasteiger partial charge is 0.00982 e. The maximum atomic E-state index is 6.64. The highest BCUT2D eigenvalue weighted by Gasteiger charge is 2.44. The molecule has 3 aliphatic carbocycles. The van der Waals surface area contributed by atoms with Crippen LogP contribution in [0, 0.1) is 23.2 Å². The number of fused-ring (bicyclic) bond motifs is 2. The summed E-state index contributed by atoms with van der Waals surface area (Å²) in [4.78, 5) is 0. The molecule has 0 aromatic carbocycles. The molecule has 3 rings (SSSR count). The van der Waals surface area contributed by atoms with Crippen molar-refractivity contribution in [2.75, 3.05) is 0 Å². The number of hydrogen-bond donors (Lipinski definition) is 1. The Morgan fingerprint density at radius 1 is 1.18 bits per heavy atom. The topological polar surface area (TPSA) is 26.0 Å². The first-order chi connectivity index (χ1) is 8.23. The van der Waals surface area contributed by atoms with E-state index >= 15 is 0 Å². The average Bonchev–Trinajstić information content (AvgIpc) is 3.05. The number of rotatable bonds is 4. The molecule has 0 saturated heterocycles. The van der Waals surface area contributed by atoms with Crippen LogP contribution in [0.2, 0.25) is 0 Å². The predicted octanol–water partition coefficient (Wildman–Crippen LogP) is 4.11. The van der Waals surface area contributed by atoms with E-state index < -0.39 is 0 Å². The molecule has 0 spiro atoms. The van der Waals surface area contributed by atoms with Crippen molar-refractivity contribution in [1.29, 1.82) is 0 Å². The normalized spacial score (nSPS) is 40.9. The monoisotopic (exact) mass is 235 g/mol. The van der Waals surface area contributed by atoms with Crippen molar-refractivity contribution >= 4 is 0 Å². The van der Waals surface area contributed by atoms with E-state index in [1.165, 1.54) is 64.2 Å². The fraction of sp³-hybridized carbons (Fsp3) is 1.00. The zero-order chi connectivity index (χ0) is 11.9. The quantitative estimate of drug-likeness (QED) is 0.779. The van der Waals surface area contributed by atoms with E-state index in [1.54, 1.807) is 0 Å². The van der Waals surface area contributed by atoms with E-state index in [2.05, 4.69) is 6.92 Å². The lowest BCUT2D eigenvalue weighted by Crippen LogP contribution is -2.41. The maximum absolute atomic E-state index is 6.64. The molecule has 1 nitrogen and oxygen atoms in total. The molecule has 2 N–H and O–H groups in total. The SMILES string of the molecule is CCC1(C(N)CC2CC3CCC2C3)CCCC1. The molecule has 0 aromatic rings. The first-order valence-electron chi connectivity index (χ1n) is 7.99. The minimum absolute atomic E-state index is 0.499. The molecule has 3 saturated carbocycles. The minimum Gasteiger partial charge on any atom is -0.327 e. The third-order valence-electron chi connectivity index (χ3n) is 6.53. The van der Waals surface area contributed by atoms with Crippen molar-refractivity contribution in [3.63, 3.8) is 0 Å². The molecular formula is C16H29N. The van der Waals surface area contributed by atoms with Crippen molar-refractivity contribution < 1.29 is 0 Å². The Labute approximate surface area is 107 Å². The van der Waals surface area contributed by atoms with Crippen LogP contribution >= 0.6 is 0 Å². The molecule has 3 fully saturated rings. The lowest BCUT2D eigenvalue weighted by Gasteiger charge is -2.37. The van der Waals surface area contributed by atoms with Crippen LogP contribution in [-0.2, 0) is 0 Å². The fourth-order valence-corrected chi connectivity index (χ4v) is 5.31. The van der Waals surface area contributed by atoms with E-state index in [9.17, 15) is 0 Å². The van der Waals surface area contributed by atoms with Crippen LogP contribution in [0.1, 0.15) is 71.1 Å². The van der Waals surface area contributed by atoms with Gasteiger partial charge in [-0.2, -0.15) is 0 Å². The Balaban J connectivity index is 1.61. The summed E-state index contributed by atoms with van der Waals surface area (Å²) in [6.07, 6.45) is 14.4. The summed E-state index contributed by atoms with van der Waals surface area (Å²) in [6.45, 7) is 2.37. The summed E-state index contributed by atoms with van der Waals surface area (Å²) >= 11 is 0. The maximum Gasteiger partial charge on any atom is 0.00982 e. The van der Waals surface area contributed by atoms with Gasteiger partial charge in [-0.1, -0.05) is 26.2 Å². The summed E-state index contributed by atoms with van der Waals surface area (Å²) in [7, 11) is 0. The second kappa shape index (κ2) is 4.57. The Morgan fingerprint density at radius 2 is 1.94 bits per heavy atom. The van der Waals surface area contributed by atoms with Gasteiger partial charge in [0, 0.05) is 6.04 Å². The van der Waals surface area contributed by atoms with Gasteiger partial charge >= 0.3 is 0 Å². The molecule has 98 valence electrons. The van der Waals surface area contributed by atoms with Crippen LogP contribution < -0.4 is 5.73 Å². The van der Waals surface area contributed by atoms with Crippen LogP contribution in [0.4, 0.5) is 0 Å². The van der Waals surface area contributed by atoms with Crippen molar-refractivity contribution in [2.24, 2.45) is 28.9 Å². The first-order valence-corrected chi connectivity index (χ1v) is 7.99. The van der Waals surface area contributed by atoms with E-state index in [0.29, 0.717) is 11.5 Å². The second-order valence-electron chi connectivity index (χ2n) is 7.20. The van der Waals surface area contributed by atoms with E-state index in [0.717, 1.165) is 17.8 Å². The van der Waals surface area contributed by atoms with Crippen LogP contribution in [0.15, 0.2) is 0 Å². The molecular weight excluding hydrogens is 206 g/mol. The van der Waals surface area contributed by atoms with Gasteiger partial charge in [-0.25, -0.2) is 0 Å². The molecule has 0 aromatic heterocycles. The summed E-state index contributed by atoms with van der Waals surface area (Å²) in [5.41, 5.74) is 7.17. The largest absolute Gasteiger partial charge is 0.327 e. The van der Waals surface area contributed by atoms with E-state index in [-0.39, 0.29) is 0 Å². The molecule has 0 aliphatic heterocycles. The highest BCUT2D eigenvalue weighted by molar-refractivity contribution is 4.97. The zero-order valence-electron chi connectivity index (χ0n) is 11.5. The standard InChI is InChI=1S/C16H29N/c1-2-16(7-3-4-8-16)15(17)11-14-10-12-5-6-13(14)9-12/h12-15H,2-11,17H2,1H3. The van der Waals surface area contributed by atoms with Gasteiger partial charge in [-0.05, 0) is 68.1 Å². The number of nitrogens with two attached hydrogens (primary N) is 1. The first kappa shape index (κ1) is 12.0. The lowest BCUT2D eigenvalue weighted by atomic mass is 9.71. The van der Waals surface area contributed by atoms with Gasteiger partial charge in [0.05, 0.1) is 0 Å². The predicted molar refractivity (Wildman–Crippen MR) is 72.7 cm³/mol. The highest BCUT2D eigenvalue weighted by Crippen LogP contribution is 2.52. The van der Waals surface area contributed by atoms with Crippen LogP contribution in [-0.4, -0.2) is 6.04 Å². The van der Waals surface area contributed by atoms with E-state index in [4.69, 9.17) is 5.73 Å². The third-order valence-corrected chi connectivity index (χ3v) is 6.53. The van der Waals surface area contributed by atoms with Gasteiger partial charge in [-0.15, -0.1) is 0 Å². The second-order valence-corrected chi connectivity index (χ2v) is 7.20. The highest BCUT2D eigenvalue weighted by atomic mass is 14.7. The molecule has 0 amide bonds. The van der Waals surface area contributed by atoms with Crippen molar-refractivity contribution in [3.05, 3.63) is 0 Å². The van der Waals surface area contributed by atoms with E-state index in [1.807, 2.05) is 0 Å². The molecule has 0 heterocycles. The zero-order valence-corrected chi connectivity index (χ0v) is 11.5. The minimum atomic E-state index is 0.499. The summed E-state index contributed by atoms with van der Waals surface area (Å²) < 4.78 is 0. The Bertz CT molecular complexity index is 267. The van der Waals surface area contributed by atoms with Gasteiger partial charge in [-0.3, -0.25) is 0 Å². The van der Waals surface area contributed by atoms with Gasteiger partial charge < -0.3 is 5.73 Å². The molecule has 17 heavy (non-hydrogen) atoms. The molecule has 4 unspecified atom stereocenters. The van der Waals surface area contributed by atoms with Gasteiger partial charge in [0.15, 0.2) is 0 Å². The molecule has 1 heteroatoms. The Morgan fingerprint density at radius 3 is 2.47 bits per heavy atom. The molecule has 0 radical (unpaired) electrons. The summed E-state index contributed by atoms with van der Waals surface area (Å²) in [5, 5.41) is 0.